The van der Waals surface area contributed by atoms with Crippen molar-refractivity contribution in [2.45, 2.75) is 13.5 Å². The van der Waals surface area contributed by atoms with Crippen LogP contribution >= 0.6 is 0 Å². The van der Waals surface area contributed by atoms with Gasteiger partial charge < -0.3 is 15.0 Å². The molecule has 3 heterocycles. The van der Waals surface area contributed by atoms with Gasteiger partial charge in [-0.3, -0.25) is 9.78 Å². The van der Waals surface area contributed by atoms with Crippen LogP contribution in [0.4, 0.5) is 4.39 Å². The first-order valence-corrected chi connectivity index (χ1v) is 10.5. The fourth-order valence-corrected chi connectivity index (χ4v) is 3.64. The lowest BCUT2D eigenvalue weighted by Crippen LogP contribution is -2.23. The molecule has 2 N–H and O–H groups in total. The SMILES string of the molecule is CCOc1cc(-c2ccc(F)cc2)nc2cc(C(=O)NCc3nc4cnccc4[nH]3)ccc12. The fourth-order valence-electron chi connectivity index (χ4n) is 3.64. The lowest BCUT2D eigenvalue weighted by atomic mass is 10.1. The predicted molar refractivity (Wildman–Crippen MR) is 123 cm³/mol. The highest BCUT2D eigenvalue weighted by Crippen LogP contribution is 2.31. The maximum Gasteiger partial charge on any atom is 0.251 e. The molecule has 5 aromatic rings. The summed E-state index contributed by atoms with van der Waals surface area (Å²) >= 11 is 0. The van der Waals surface area contributed by atoms with Gasteiger partial charge in [0.05, 0.1) is 36.1 Å². The molecular weight excluding hydrogens is 421 g/mol. The minimum absolute atomic E-state index is 0.248. The predicted octanol–water partition coefficient (Wildman–Crippen LogP) is 4.64. The minimum Gasteiger partial charge on any atom is -0.493 e. The number of carbonyl (C=O) groups excluding carboxylic acids is 1. The molecule has 0 aliphatic heterocycles. The summed E-state index contributed by atoms with van der Waals surface area (Å²) in [5, 5.41) is 3.67. The Hall–Kier alpha value is -4.33. The van der Waals surface area contributed by atoms with E-state index in [9.17, 15) is 9.18 Å². The van der Waals surface area contributed by atoms with Gasteiger partial charge in [-0.15, -0.1) is 0 Å². The van der Waals surface area contributed by atoms with Crippen LogP contribution in [-0.4, -0.2) is 32.4 Å². The second-order valence-electron chi connectivity index (χ2n) is 7.44. The van der Waals surface area contributed by atoms with Crippen molar-refractivity contribution in [1.82, 2.24) is 25.3 Å². The van der Waals surface area contributed by atoms with E-state index in [4.69, 9.17) is 9.72 Å². The number of pyridine rings is 2. The topological polar surface area (TPSA) is 92.8 Å². The quantitative estimate of drug-likeness (QED) is 0.400. The smallest absolute Gasteiger partial charge is 0.251 e. The monoisotopic (exact) mass is 441 g/mol. The molecule has 3 aromatic heterocycles. The highest BCUT2D eigenvalue weighted by molar-refractivity contribution is 5.99. The van der Waals surface area contributed by atoms with E-state index in [0.717, 1.165) is 22.0 Å². The van der Waals surface area contributed by atoms with Gasteiger partial charge in [0.2, 0.25) is 0 Å². The molecule has 2 aromatic carbocycles. The Kier molecular flexibility index (Phi) is 5.40. The number of nitrogens with zero attached hydrogens (tertiary/aromatic N) is 3. The summed E-state index contributed by atoms with van der Waals surface area (Å²) in [6.07, 6.45) is 3.35. The first-order chi connectivity index (χ1) is 16.1. The Morgan fingerprint density at radius 2 is 1.91 bits per heavy atom. The van der Waals surface area contributed by atoms with E-state index >= 15 is 0 Å². The van der Waals surface area contributed by atoms with Crippen LogP contribution < -0.4 is 10.1 Å². The van der Waals surface area contributed by atoms with Crippen LogP contribution in [0.3, 0.4) is 0 Å². The first kappa shape index (κ1) is 20.6. The van der Waals surface area contributed by atoms with Gasteiger partial charge in [-0.1, -0.05) is 0 Å². The Morgan fingerprint density at radius 3 is 2.70 bits per heavy atom. The third kappa shape index (κ3) is 4.23. The number of ether oxygens (including phenoxy) is 1. The van der Waals surface area contributed by atoms with E-state index in [0.29, 0.717) is 35.0 Å². The van der Waals surface area contributed by atoms with Crippen molar-refractivity contribution >= 4 is 27.8 Å². The number of hydrogen-bond acceptors (Lipinski definition) is 5. The molecule has 1 amide bonds. The summed E-state index contributed by atoms with van der Waals surface area (Å²) in [4.78, 5) is 29.1. The van der Waals surface area contributed by atoms with Gasteiger partial charge in [0.1, 0.15) is 22.9 Å². The zero-order valence-electron chi connectivity index (χ0n) is 17.8. The van der Waals surface area contributed by atoms with Crippen molar-refractivity contribution in [3.05, 3.63) is 84.2 Å². The third-order valence-corrected chi connectivity index (χ3v) is 5.22. The number of amides is 1. The molecule has 0 radical (unpaired) electrons. The summed E-state index contributed by atoms with van der Waals surface area (Å²) in [6, 6.07) is 15.1. The van der Waals surface area contributed by atoms with Gasteiger partial charge in [-0.25, -0.2) is 14.4 Å². The number of fused-ring (bicyclic) bond motifs is 2. The van der Waals surface area contributed by atoms with E-state index in [1.807, 2.05) is 25.1 Å². The molecular formula is C25H20FN5O2. The van der Waals surface area contributed by atoms with E-state index in [-0.39, 0.29) is 18.3 Å². The number of benzene rings is 2. The summed E-state index contributed by atoms with van der Waals surface area (Å²) < 4.78 is 19.2. The molecule has 0 aliphatic carbocycles. The number of carbonyl (C=O) groups is 1. The number of rotatable bonds is 6. The molecule has 0 saturated heterocycles. The molecule has 0 aliphatic rings. The molecule has 33 heavy (non-hydrogen) atoms. The van der Waals surface area contributed by atoms with Crippen molar-refractivity contribution in [3.8, 4) is 17.0 Å². The van der Waals surface area contributed by atoms with Gasteiger partial charge in [0.15, 0.2) is 0 Å². The number of aromatic amines is 1. The number of halogens is 1. The van der Waals surface area contributed by atoms with Gasteiger partial charge in [-0.2, -0.15) is 0 Å². The van der Waals surface area contributed by atoms with Gasteiger partial charge >= 0.3 is 0 Å². The number of H-pyrrole nitrogens is 1. The zero-order chi connectivity index (χ0) is 22.8. The highest BCUT2D eigenvalue weighted by atomic mass is 19.1. The summed E-state index contributed by atoms with van der Waals surface area (Å²) in [7, 11) is 0. The van der Waals surface area contributed by atoms with Crippen LogP contribution in [0.1, 0.15) is 23.1 Å². The molecule has 0 unspecified atom stereocenters. The lowest BCUT2D eigenvalue weighted by molar-refractivity contribution is 0.0950. The van der Waals surface area contributed by atoms with E-state index in [1.54, 1.807) is 36.7 Å². The minimum atomic E-state index is -0.316. The van der Waals surface area contributed by atoms with Crippen molar-refractivity contribution < 1.29 is 13.9 Å². The first-order valence-electron chi connectivity index (χ1n) is 10.5. The van der Waals surface area contributed by atoms with Crippen molar-refractivity contribution in [2.24, 2.45) is 0 Å². The average molecular weight is 441 g/mol. The maximum absolute atomic E-state index is 13.4. The summed E-state index contributed by atoms with van der Waals surface area (Å²) in [5.74, 6) is 0.735. The Labute approximate surface area is 188 Å². The lowest BCUT2D eigenvalue weighted by Gasteiger charge is -2.12. The molecule has 8 heteroatoms. The Morgan fingerprint density at radius 1 is 1.06 bits per heavy atom. The number of imidazole rings is 1. The summed E-state index contributed by atoms with van der Waals surface area (Å²) in [6.45, 7) is 2.63. The van der Waals surface area contributed by atoms with Crippen LogP contribution in [0.2, 0.25) is 0 Å². The summed E-state index contributed by atoms with van der Waals surface area (Å²) in [5.41, 5.74) is 4.08. The van der Waals surface area contributed by atoms with Crippen LogP contribution in [0.5, 0.6) is 5.75 Å². The third-order valence-electron chi connectivity index (χ3n) is 5.22. The highest BCUT2D eigenvalue weighted by Gasteiger charge is 2.13. The van der Waals surface area contributed by atoms with Crippen LogP contribution in [0.15, 0.2) is 67.0 Å². The van der Waals surface area contributed by atoms with E-state index in [1.165, 1.54) is 12.1 Å². The van der Waals surface area contributed by atoms with Crippen molar-refractivity contribution in [1.29, 1.82) is 0 Å². The largest absolute Gasteiger partial charge is 0.493 e. The fraction of sp³-hybridized carbons (Fsp3) is 0.120. The van der Waals surface area contributed by atoms with Gasteiger partial charge in [0, 0.05) is 28.8 Å². The number of hydrogen-bond donors (Lipinski definition) is 2. The second kappa shape index (κ2) is 8.66. The number of aromatic nitrogens is 4. The molecule has 7 nitrogen and oxygen atoms in total. The van der Waals surface area contributed by atoms with E-state index < -0.39 is 0 Å². The van der Waals surface area contributed by atoms with Crippen LogP contribution in [0.25, 0.3) is 33.2 Å². The molecule has 0 atom stereocenters. The maximum atomic E-state index is 13.4. The van der Waals surface area contributed by atoms with E-state index in [2.05, 4.69) is 20.3 Å². The Balaban J connectivity index is 1.44. The standard InChI is InChI=1S/C25H20FN5O2/c1-2-33-23-12-20(15-3-6-17(26)7-4-15)29-21-11-16(5-8-18(21)23)25(32)28-14-24-30-19-9-10-27-13-22(19)31-24/h3-13H,2,14H2,1H3,(H,28,32)(H,30,31). The van der Waals surface area contributed by atoms with Gasteiger partial charge in [0.25, 0.3) is 5.91 Å². The molecule has 0 spiro atoms. The average Bonchev–Trinajstić information content (AvgIpc) is 3.26. The Bertz CT molecular complexity index is 1430. The molecule has 5 rings (SSSR count). The normalized spacial score (nSPS) is 11.1. The van der Waals surface area contributed by atoms with Gasteiger partial charge in [-0.05, 0) is 55.5 Å². The van der Waals surface area contributed by atoms with Crippen molar-refractivity contribution in [3.63, 3.8) is 0 Å². The zero-order valence-corrected chi connectivity index (χ0v) is 17.8. The molecule has 0 bridgehead atoms. The molecule has 0 fully saturated rings. The van der Waals surface area contributed by atoms with Crippen molar-refractivity contribution in [2.75, 3.05) is 6.61 Å². The molecule has 0 saturated carbocycles. The second-order valence-corrected chi connectivity index (χ2v) is 7.44. The molecule has 164 valence electrons. The van der Waals surface area contributed by atoms with Crippen LogP contribution in [0, 0.1) is 5.82 Å². The van der Waals surface area contributed by atoms with Crippen LogP contribution in [-0.2, 0) is 6.54 Å². The number of nitrogens with one attached hydrogen (secondary N) is 2.